The first-order valence-electron chi connectivity index (χ1n) is 4.64. The summed E-state index contributed by atoms with van der Waals surface area (Å²) >= 11 is 3.31. The van der Waals surface area contributed by atoms with Crippen LogP contribution in [0.25, 0.3) is 0 Å². The summed E-state index contributed by atoms with van der Waals surface area (Å²) in [6, 6.07) is 7.30. The molecule has 1 atom stereocenters. The van der Waals surface area contributed by atoms with Crippen molar-refractivity contribution in [1.82, 2.24) is 4.90 Å². The summed E-state index contributed by atoms with van der Waals surface area (Å²) in [7, 11) is 3.35. The Bertz CT molecular complexity index is 335. The summed E-state index contributed by atoms with van der Waals surface area (Å²) in [4.78, 5) is 12.8. The number of carbonyl (C=O) groups is 1. The van der Waals surface area contributed by atoms with Gasteiger partial charge in [0.05, 0.1) is 12.5 Å². The van der Waals surface area contributed by atoms with Gasteiger partial charge in [0, 0.05) is 18.6 Å². The minimum Gasteiger partial charge on any atom is -0.388 e. The Kier molecular flexibility index (Phi) is 4.29. The summed E-state index contributed by atoms with van der Waals surface area (Å²) in [5.74, 6) is -0.0783. The molecule has 0 radical (unpaired) electrons. The molecule has 15 heavy (non-hydrogen) atoms. The first-order chi connectivity index (χ1) is 7.00. The van der Waals surface area contributed by atoms with Crippen molar-refractivity contribution >= 4 is 21.8 Å². The van der Waals surface area contributed by atoms with Gasteiger partial charge < -0.3 is 10.0 Å². The highest BCUT2D eigenvalue weighted by molar-refractivity contribution is 9.10. The lowest BCUT2D eigenvalue weighted by molar-refractivity contribution is -0.130. The van der Waals surface area contributed by atoms with Gasteiger partial charge in [0.25, 0.3) is 0 Å². The van der Waals surface area contributed by atoms with Crippen molar-refractivity contribution in [3.8, 4) is 0 Å². The molecule has 1 aromatic carbocycles. The average molecular weight is 272 g/mol. The van der Waals surface area contributed by atoms with E-state index in [1.54, 1.807) is 26.2 Å². The molecule has 0 spiro atoms. The number of aliphatic hydroxyl groups is 1. The standard InChI is InChI=1S/C11H14BrNO2/c1-13(2)11(15)7-10(14)8-3-5-9(12)6-4-8/h3-6,10,14H,7H2,1-2H3. The topological polar surface area (TPSA) is 40.5 Å². The molecule has 1 amide bonds. The van der Waals surface area contributed by atoms with Crippen molar-refractivity contribution in [2.45, 2.75) is 12.5 Å². The molecular weight excluding hydrogens is 258 g/mol. The molecule has 0 aromatic heterocycles. The van der Waals surface area contributed by atoms with Crippen LogP contribution in [0.3, 0.4) is 0 Å². The maximum Gasteiger partial charge on any atom is 0.225 e. The van der Waals surface area contributed by atoms with E-state index in [2.05, 4.69) is 15.9 Å². The molecule has 0 bridgehead atoms. The lowest BCUT2D eigenvalue weighted by Gasteiger charge is -2.14. The number of halogens is 1. The normalized spacial score (nSPS) is 12.3. The van der Waals surface area contributed by atoms with Crippen LogP contribution in [0.5, 0.6) is 0 Å². The molecule has 82 valence electrons. The van der Waals surface area contributed by atoms with Gasteiger partial charge in [-0.15, -0.1) is 0 Å². The summed E-state index contributed by atoms with van der Waals surface area (Å²) in [6.07, 6.45) is -0.609. The predicted octanol–water partition coefficient (Wildman–Crippen LogP) is 1.96. The van der Waals surface area contributed by atoms with E-state index in [0.717, 1.165) is 10.0 Å². The number of rotatable bonds is 3. The minimum absolute atomic E-state index is 0.0783. The zero-order valence-electron chi connectivity index (χ0n) is 8.77. The van der Waals surface area contributed by atoms with Crippen molar-refractivity contribution in [1.29, 1.82) is 0 Å². The van der Waals surface area contributed by atoms with Crippen molar-refractivity contribution < 1.29 is 9.90 Å². The van der Waals surface area contributed by atoms with E-state index in [4.69, 9.17) is 0 Å². The molecule has 1 unspecified atom stereocenters. The zero-order valence-corrected chi connectivity index (χ0v) is 10.4. The molecule has 0 fully saturated rings. The fourth-order valence-electron chi connectivity index (χ4n) is 1.15. The molecule has 0 aliphatic rings. The van der Waals surface area contributed by atoms with Crippen LogP contribution < -0.4 is 0 Å². The summed E-state index contributed by atoms with van der Waals surface area (Å²) < 4.78 is 0.956. The number of amides is 1. The fourth-order valence-corrected chi connectivity index (χ4v) is 1.42. The second-order valence-electron chi connectivity index (χ2n) is 3.56. The van der Waals surface area contributed by atoms with E-state index in [-0.39, 0.29) is 12.3 Å². The van der Waals surface area contributed by atoms with E-state index < -0.39 is 6.10 Å². The molecule has 1 rings (SSSR count). The average Bonchev–Trinajstić information content (AvgIpc) is 2.18. The maximum atomic E-state index is 11.4. The lowest BCUT2D eigenvalue weighted by atomic mass is 10.1. The Hall–Kier alpha value is -0.870. The van der Waals surface area contributed by atoms with Crippen molar-refractivity contribution in [3.05, 3.63) is 34.3 Å². The van der Waals surface area contributed by atoms with E-state index in [1.807, 2.05) is 12.1 Å². The van der Waals surface area contributed by atoms with Gasteiger partial charge in [0.15, 0.2) is 0 Å². The molecule has 0 aliphatic carbocycles. The van der Waals surface area contributed by atoms with Crippen LogP contribution in [-0.4, -0.2) is 30.0 Å². The van der Waals surface area contributed by atoms with Gasteiger partial charge in [-0.25, -0.2) is 0 Å². The van der Waals surface area contributed by atoms with Crippen molar-refractivity contribution in [3.63, 3.8) is 0 Å². The highest BCUT2D eigenvalue weighted by atomic mass is 79.9. The predicted molar refractivity (Wildman–Crippen MR) is 62.4 cm³/mol. The fraction of sp³-hybridized carbons (Fsp3) is 0.364. The summed E-state index contributed by atoms with van der Waals surface area (Å²) in [5.41, 5.74) is 0.758. The Morgan fingerprint density at radius 1 is 1.40 bits per heavy atom. The number of hydrogen-bond acceptors (Lipinski definition) is 2. The Morgan fingerprint density at radius 2 is 1.93 bits per heavy atom. The minimum atomic E-state index is -0.729. The Labute approximate surface area is 97.8 Å². The van der Waals surface area contributed by atoms with Crippen LogP contribution >= 0.6 is 15.9 Å². The van der Waals surface area contributed by atoms with Crippen LogP contribution in [0.2, 0.25) is 0 Å². The van der Waals surface area contributed by atoms with Crippen molar-refractivity contribution in [2.24, 2.45) is 0 Å². The lowest BCUT2D eigenvalue weighted by Crippen LogP contribution is -2.23. The monoisotopic (exact) mass is 271 g/mol. The summed E-state index contributed by atoms with van der Waals surface area (Å²) in [5, 5.41) is 9.77. The second-order valence-corrected chi connectivity index (χ2v) is 4.48. The van der Waals surface area contributed by atoms with Crippen LogP contribution in [0.15, 0.2) is 28.7 Å². The maximum absolute atomic E-state index is 11.4. The first kappa shape index (κ1) is 12.2. The second kappa shape index (κ2) is 5.28. The number of benzene rings is 1. The van der Waals surface area contributed by atoms with Gasteiger partial charge in [-0.3, -0.25) is 4.79 Å². The molecule has 0 saturated heterocycles. The molecule has 0 heterocycles. The quantitative estimate of drug-likeness (QED) is 0.913. The molecular formula is C11H14BrNO2. The highest BCUT2D eigenvalue weighted by Crippen LogP contribution is 2.19. The smallest absolute Gasteiger partial charge is 0.225 e. The number of aliphatic hydroxyl groups excluding tert-OH is 1. The van der Waals surface area contributed by atoms with E-state index in [0.29, 0.717) is 0 Å². The van der Waals surface area contributed by atoms with E-state index >= 15 is 0 Å². The van der Waals surface area contributed by atoms with Gasteiger partial charge in [0.2, 0.25) is 5.91 Å². The third-order valence-corrected chi connectivity index (χ3v) is 2.65. The van der Waals surface area contributed by atoms with Crippen LogP contribution in [0, 0.1) is 0 Å². The van der Waals surface area contributed by atoms with Gasteiger partial charge in [0.1, 0.15) is 0 Å². The Morgan fingerprint density at radius 3 is 2.40 bits per heavy atom. The van der Waals surface area contributed by atoms with E-state index in [1.165, 1.54) is 4.90 Å². The van der Waals surface area contributed by atoms with Crippen LogP contribution in [0.1, 0.15) is 18.1 Å². The number of hydrogen-bond donors (Lipinski definition) is 1. The Balaban J connectivity index is 2.65. The first-order valence-corrected chi connectivity index (χ1v) is 5.43. The molecule has 3 nitrogen and oxygen atoms in total. The third kappa shape index (κ3) is 3.64. The van der Waals surface area contributed by atoms with Gasteiger partial charge in [-0.2, -0.15) is 0 Å². The summed E-state index contributed by atoms with van der Waals surface area (Å²) in [6.45, 7) is 0. The van der Waals surface area contributed by atoms with Crippen LogP contribution in [-0.2, 0) is 4.79 Å². The molecule has 4 heteroatoms. The third-order valence-electron chi connectivity index (χ3n) is 2.12. The van der Waals surface area contributed by atoms with Crippen LogP contribution in [0.4, 0.5) is 0 Å². The van der Waals surface area contributed by atoms with Gasteiger partial charge in [-0.05, 0) is 17.7 Å². The molecule has 0 saturated carbocycles. The largest absolute Gasteiger partial charge is 0.388 e. The molecule has 1 aromatic rings. The zero-order chi connectivity index (χ0) is 11.4. The molecule has 0 aliphatic heterocycles. The highest BCUT2D eigenvalue weighted by Gasteiger charge is 2.13. The van der Waals surface area contributed by atoms with E-state index in [9.17, 15) is 9.90 Å². The molecule has 1 N–H and O–H groups in total. The van der Waals surface area contributed by atoms with Crippen molar-refractivity contribution in [2.75, 3.05) is 14.1 Å². The SMILES string of the molecule is CN(C)C(=O)CC(O)c1ccc(Br)cc1. The van der Waals surface area contributed by atoms with Gasteiger partial charge >= 0.3 is 0 Å². The number of nitrogens with zero attached hydrogens (tertiary/aromatic N) is 1. The van der Waals surface area contributed by atoms with Gasteiger partial charge in [-0.1, -0.05) is 28.1 Å². The number of carbonyl (C=O) groups excluding carboxylic acids is 1.